The first kappa shape index (κ1) is 25.0. The van der Waals surface area contributed by atoms with Gasteiger partial charge in [0.05, 0.1) is 20.5 Å². The molecule has 0 aliphatic rings. The third-order valence-electron chi connectivity index (χ3n) is 3.27. The molecule has 0 N–H and O–H groups in total. The van der Waals surface area contributed by atoms with Crippen molar-refractivity contribution in [3.8, 4) is 11.8 Å². The first-order chi connectivity index (χ1) is 13.8. The molecule has 0 spiro atoms. The lowest BCUT2D eigenvalue weighted by Gasteiger charge is -2.17. The van der Waals surface area contributed by atoms with Gasteiger partial charge in [0.1, 0.15) is 16.8 Å². The Labute approximate surface area is 184 Å². The number of ether oxygens (including phenoxy) is 2. The van der Waals surface area contributed by atoms with Crippen LogP contribution < -0.4 is 0 Å². The summed E-state index contributed by atoms with van der Waals surface area (Å²) < 4.78 is 88.8. The Morgan fingerprint density at radius 2 is 1.63 bits per heavy atom. The van der Waals surface area contributed by atoms with Gasteiger partial charge in [0.25, 0.3) is 0 Å². The number of hydrogen-bond donors (Lipinski definition) is 0. The third kappa shape index (κ3) is 5.68. The molecule has 2 rings (SSSR count). The van der Waals surface area contributed by atoms with Crippen LogP contribution in [0.15, 0.2) is 22.1 Å². The molecule has 1 aromatic heterocycles. The van der Waals surface area contributed by atoms with E-state index < -0.39 is 55.3 Å². The van der Waals surface area contributed by atoms with Gasteiger partial charge >= 0.3 is 11.7 Å². The molecule has 0 aliphatic carbocycles. The number of benzene rings is 1. The molecule has 5 nitrogen and oxygen atoms in total. The summed E-state index contributed by atoms with van der Waals surface area (Å²) in [6.07, 6.45) is -4.76. The van der Waals surface area contributed by atoms with Crippen molar-refractivity contribution in [1.29, 1.82) is 5.26 Å². The molecule has 0 atom stereocenters. The first-order valence-corrected chi connectivity index (χ1v) is 9.85. The van der Waals surface area contributed by atoms with Crippen LogP contribution in [-0.4, -0.2) is 35.1 Å². The number of thioether (sulfide) groups is 2. The molecule has 0 saturated carbocycles. The number of hydrogen-bond acceptors (Lipinski definition) is 6. The maximum absolute atomic E-state index is 13.1. The standard InChI is InChI=1S/C15H9Cl2F6N3O2S2/c1-27-13(28-2)29-12-11(30-15(21,22)23)9(5-24)25-26(12)10-7(16)3-6(4-8(10)17)14(18,19)20/h3-4,13H,1-2H3. The smallest absolute Gasteiger partial charge is 0.347 e. The second kappa shape index (κ2) is 9.46. The summed E-state index contributed by atoms with van der Waals surface area (Å²) in [5.41, 5.74) is -8.08. The zero-order chi connectivity index (χ0) is 22.9. The van der Waals surface area contributed by atoms with Crippen LogP contribution in [0.1, 0.15) is 11.3 Å². The number of nitrogens with zero attached hydrogens (tertiary/aromatic N) is 3. The van der Waals surface area contributed by atoms with Crippen molar-refractivity contribution in [2.75, 3.05) is 14.2 Å². The van der Waals surface area contributed by atoms with Crippen molar-refractivity contribution in [3.63, 3.8) is 0 Å². The summed E-state index contributed by atoms with van der Waals surface area (Å²) in [4.78, 5) is -0.610. The molecule has 30 heavy (non-hydrogen) atoms. The summed E-state index contributed by atoms with van der Waals surface area (Å²) in [5, 5.41) is 11.6. The van der Waals surface area contributed by atoms with Gasteiger partial charge in [-0.1, -0.05) is 23.2 Å². The molecule has 0 fully saturated rings. The average Bonchev–Trinajstić information content (AvgIpc) is 2.93. The molecule has 0 amide bonds. The van der Waals surface area contributed by atoms with Gasteiger partial charge in [-0.25, -0.2) is 4.68 Å². The highest BCUT2D eigenvalue weighted by Crippen LogP contribution is 2.47. The van der Waals surface area contributed by atoms with E-state index in [0.717, 1.165) is 4.68 Å². The van der Waals surface area contributed by atoms with Crippen molar-refractivity contribution < 1.29 is 35.8 Å². The minimum Gasteiger partial charge on any atom is -0.347 e. The predicted octanol–water partition coefficient (Wildman–Crippen LogP) is 6.35. The second-order valence-electron chi connectivity index (χ2n) is 5.22. The molecular formula is C15H9Cl2F6N3O2S2. The van der Waals surface area contributed by atoms with Crippen LogP contribution in [0, 0.1) is 11.3 Å². The molecular weight excluding hydrogens is 503 g/mol. The molecule has 0 saturated heterocycles. The Balaban J connectivity index is 2.78. The van der Waals surface area contributed by atoms with E-state index >= 15 is 0 Å². The van der Waals surface area contributed by atoms with Crippen LogP contribution in [0.25, 0.3) is 5.69 Å². The Morgan fingerprint density at radius 3 is 2.03 bits per heavy atom. The largest absolute Gasteiger partial charge is 0.446 e. The predicted molar refractivity (Wildman–Crippen MR) is 98.9 cm³/mol. The number of aromatic nitrogens is 2. The molecule has 0 aliphatic heterocycles. The first-order valence-electron chi connectivity index (χ1n) is 7.40. The van der Waals surface area contributed by atoms with E-state index in [0.29, 0.717) is 23.9 Å². The third-order valence-corrected chi connectivity index (χ3v) is 5.98. The van der Waals surface area contributed by atoms with E-state index in [1.165, 1.54) is 20.3 Å². The van der Waals surface area contributed by atoms with E-state index in [1.807, 2.05) is 0 Å². The topological polar surface area (TPSA) is 60.1 Å². The fraction of sp³-hybridized carbons (Fsp3) is 0.333. The Bertz CT molecular complexity index is 948. The van der Waals surface area contributed by atoms with Gasteiger partial charge in [-0.2, -0.15) is 36.7 Å². The van der Waals surface area contributed by atoms with E-state index in [-0.39, 0.29) is 10.7 Å². The summed E-state index contributed by atoms with van der Waals surface area (Å²) >= 11 is 11.9. The van der Waals surface area contributed by atoms with Gasteiger partial charge in [0.15, 0.2) is 5.69 Å². The summed E-state index contributed by atoms with van der Waals surface area (Å²) in [7, 11) is 2.42. The maximum atomic E-state index is 13.1. The molecule has 164 valence electrons. The SMILES string of the molecule is COC(OC)Sc1c(SC(F)(F)F)c(C#N)nn1-c1c(Cl)cc(C(F)(F)F)cc1Cl. The highest BCUT2D eigenvalue weighted by atomic mass is 35.5. The van der Waals surface area contributed by atoms with Crippen LogP contribution in [0.2, 0.25) is 10.0 Å². The van der Waals surface area contributed by atoms with E-state index in [2.05, 4.69) is 5.10 Å². The maximum Gasteiger partial charge on any atom is 0.446 e. The molecule has 1 heterocycles. The van der Waals surface area contributed by atoms with Crippen molar-refractivity contribution in [3.05, 3.63) is 33.4 Å². The minimum atomic E-state index is -4.79. The quantitative estimate of drug-likeness (QED) is 0.256. The van der Waals surface area contributed by atoms with Crippen LogP contribution in [-0.2, 0) is 15.7 Å². The summed E-state index contributed by atoms with van der Waals surface area (Å²) in [6.45, 7) is 0. The Morgan fingerprint density at radius 1 is 1.10 bits per heavy atom. The Kier molecular flexibility index (Phi) is 7.87. The van der Waals surface area contributed by atoms with Gasteiger partial charge < -0.3 is 9.47 Å². The van der Waals surface area contributed by atoms with Crippen molar-refractivity contribution in [2.24, 2.45) is 0 Å². The monoisotopic (exact) mass is 511 g/mol. The number of rotatable bonds is 6. The fourth-order valence-corrected chi connectivity index (χ4v) is 4.45. The number of alkyl halides is 6. The van der Waals surface area contributed by atoms with Crippen molar-refractivity contribution in [2.45, 2.75) is 27.2 Å². The van der Waals surface area contributed by atoms with Gasteiger partial charge in [0, 0.05) is 14.2 Å². The summed E-state index contributed by atoms with van der Waals surface area (Å²) in [5.74, 6) is 0. The molecule has 0 unspecified atom stereocenters. The van der Waals surface area contributed by atoms with E-state index in [4.69, 9.17) is 32.7 Å². The molecule has 0 radical (unpaired) electrons. The number of halogens is 8. The lowest BCUT2D eigenvalue weighted by Crippen LogP contribution is -2.11. The van der Waals surface area contributed by atoms with Crippen molar-refractivity contribution in [1.82, 2.24) is 9.78 Å². The molecule has 2 aromatic rings. The zero-order valence-corrected chi connectivity index (χ0v) is 17.9. The van der Waals surface area contributed by atoms with Crippen LogP contribution in [0.3, 0.4) is 0 Å². The summed E-state index contributed by atoms with van der Waals surface area (Å²) in [6, 6.07) is 2.61. The fourth-order valence-electron chi connectivity index (χ4n) is 2.14. The van der Waals surface area contributed by atoms with E-state index in [9.17, 15) is 31.6 Å². The lowest BCUT2D eigenvalue weighted by molar-refractivity contribution is -0.137. The van der Waals surface area contributed by atoms with E-state index in [1.54, 1.807) is 0 Å². The van der Waals surface area contributed by atoms with Gasteiger partial charge in [-0.05, 0) is 35.7 Å². The number of nitriles is 1. The van der Waals surface area contributed by atoms with Crippen LogP contribution in [0.4, 0.5) is 26.3 Å². The van der Waals surface area contributed by atoms with Crippen LogP contribution >= 0.6 is 46.7 Å². The van der Waals surface area contributed by atoms with Gasteiger partial charge in [-0.15, -0.1) is 0 Å². The van der Waals surface area contributed by atoms with Crippen LogP contribution in [0.5, 0.6) is 0 Å². The highest BCUT2D eigenvalue weighted by Gasteiger charge is 2.37. The molecule has 1 aromatic carbocycles. The minimum absolute atomic E-state index is 0.314. The van der Waals surface area contributed by atoms with Gasteiger partial charge in [0.2, 0.25) is 5.62 Å². The molecule has 0 bridgehead atoms. The highest BCUT2D eigenvalue weighted by molar-refractivity contribution is 8.02. The normalized spacial score (nSPS) is 12.5. The van der Waals surface area contributed by atoms with Crippen molar-refractivity contribution >= 4 is 46.7 Å². The molecule has 15 heteroatoms. The Hall–Kier alpha value is -1.30. The zero-order valence-electron chi connectivity index (χ0n) is 14.7. The number of methoxy groups -OCH3 is 2. The van der Waals surface area contributed by atoms with Gasteiger partial charge in [-0.3, -0.25) is 0 Å². The lowest BCUT2D eigenvalue weighted by atomic mass is 10.2. The average molecular weight is 512 g/mol. The second-order valence-corrected chi connectivity index (χ2v) is 8.12.